The highest BCUT2D eigenvalue weighted by Crippen LogP contribution is 2.46. The standard InChI is InChI=1S/C56H103NO9/c1-5-7-9-11-13-15-19-25-31-44-39-45(44)33-27-21-17-18-22-30-36-50(60)55(63)57-48(42-65-56-54(64-38-37-43(3)4)53(62)52(61)51(41-58)66-56)49(59)35-29-24-23-28-34-47-40-46(47)32-26-20-16-14-12-10-8-6-2/h18,22,37,44-54,56,58-62H,5-17,19-21,23-36,38-42H2,1-4H3,(H,57,63)/b22-18-/t44?,45?,46?,47?,48-,49+,50+,51+,52-,53-,54+,56+/m0/s1. The van der Waals surface area contributed by atoms with E-state index in [4.69, 9.17) is 14.2 Å². The quantitative estimate of drug-likeness (QED) is 0.0259. The highest BCUT2D eigenvalue weighted by atomic mass is 16.7. The van der Waals surface area contributed by atoms with Crippen LogP contribution in [0.25, 0.3) is 0 Å². The number of hydrogen-bond acceptors (Lipinski definition) is 9. The van der Waals surface area contributed by atoms with Gasteiger partial charge in [-0.05, 0) is 82.5 Å². The van der Waals surface area contributed by atoms with E-state index in [1.165, 1.54) is 161 Å². The third-order valence-corrected chi connectivity index (χ3v) is 14.9. The fourth-order valence-electron chi connectivity index (χ4n) is 10.1. The summed E-state index contributed by atoms with van der Waals surface area (Å²) in [5.41, 5.74) is 1.01. The molecule has 3 fully saturated rings. The Morgan fingerprint density at radius 3 is 1.64 bits per heavy atom. The number of rotatable bonds is 43. The molecule has 0 radical (unpaired) electrons. The number of unbranched alkanes of at least 4 members (excludes halogenated alkanes) is 19. The molecule has 10 heteroatoms. The normalized spacial score (nSPS) is 26.3. The van der Waals surface area contributed by atoms with E-state index in [-0.39, 0.29) is 19.6 Å². The summed E-state index contributed by atoms with van der Waals surface area (Å²) in [4.78, 5) is 13.4. The first-order valence-corrected chi connectivity index (χ1v) is 27.9. The van der Waals surface area contributed by atoms with Gasteiger partial charge in [-0.25, -0.2) is 0 Å². The molecular formula is C56H103NO9. The van der Waals surface area contributed by atoms with Crippen molar-refractivity contribution in [3.63, 3.8) is 0 Å². The molecule has 12 atom stereocenters. The minimum atomic E-state index is -1.39. The maximum absolute atomic E-state index is 13.4. The van der Waals surface area contributed by atoms with Crippen molar-refractivity contribution < 1.29 is 44.5 Å². The van der Waals surface area contributed by atoms with E-state index in [9.17, 15) is 30.3 Å². The van der Waals surface area contributed by atoms with Gasteiger partial charge in [-0.2, -0.15) is 0 Å². The number of carbonyl (C=O) groups is 1. The molecule has 6 N–H and O–H groups in total. The second-order valence-electron chi connectivity index (χ2n) is 21.2. The fourth-order valence-corrected chi connectivity index (χ4v) is 10.1. The highest BCUT2D eigenvalue weighted by Gasteiger charge is 2.46. The molecule has 3 aliphatic rings. The molecule has 0 spiro atoms. The number of ether oxygens (including phenoxy) is 3. The van der Waals surface area contributed by atoms with Crippen LogP contribution in [0.1, 0.15) is 233 Å². The largest absolute Gasteiger partial charge is 0.394 e. The predicted molar refractivity (Wildman–Crippen MR) is 269 cm³/mol. The van der Waals surface area contributed by atoms with Gasteiger partial charge >= 0.3 is 0 Å². The second-order valence-corrected chi connectivity index (χ2v) is 21.2. The molecule has 0 aromatic heterocycles. The summed E-state index contributed by atoms with van der Waals surface area (Å²) >= 11 is 0. The van der Waals surface area contributed by atoms with Crippen LogP contribution < -0.4 is 5.32 Å². The van der Waals surface area contributed by atoms with Gasteiger partial charge in [0.25, 0.3) is 0 Å². The van der Waals surface area contributed by atoms with E-state index in [1.807, 2.05) is 19.9 Å². The van der Waals surface area contributed by atoms with E-state index < -0.39 is 61.5 Å². The van der Waals surface area contributed by atoms with Crippen LogP contribution in [-0.2, 0) is 19.0 Å². The van der Waals surface area contributed by atoms with Crippen LogP contribution in [0.2, 0.25) is 0 Å². The summed E-state index contributed by atoms with van der Waals surface area (Å²) in [5, 5.41) is 56.6. The maximum Gasteiger partial charge on any atom is 0.249 e. The Morgan fingerprint density at radius 2 is 1.12 bits per heavy atom. The van der Waals surface area contributed by atoms with E-state index >= 15 is 0 Å². The molecule has 1 heterocycles. The average molecular weight is 934 g/mol. The lowest BCUT2D eigenvalue weighted by Crippen LogP contribution is -2.61. The van der Waals surface area contributed by atoms with Gasteiger partial charge in [-0.15, -0.1) is 0 Å². The van der Waals surface area contributed by atoms with Gasteiger partial charge in [-0.3, -0.25) is 4.79 Å². The average Bonchev–Trinajstić information content (AvgIpc) is 4.24. The van der Waals surface area contributed by atoms with Gasteiger partial charge in [0, 0.05) is 0 Å². The van der Waals surface area contributed by atoms with Crippen LogP contribution in [0.5, 0.6) is 0 Å². The Bertz CT molecular complexity index is 1260. The van der Waals surface area contributed by atoms with Crippen LogP contribution in [0.3, 0.4) is 0 Å². The van der Waals surface area contributed by atoms with Crippen molar-refractivity contribution in [2.24, 2.45) is 23.7 Å². The zero-order chi connectivity index (χ0) is 47.8. The maximum atomic E-state index is 13.4. The topological polar surface area (TPSA) is 158 Å². The van der Waals surface area contributed by atoms with Crippen LogP contribution in [0.4, 0.5) is 0 Å². The summed E-state index contributed by atoms with van der Waals surface area (Å²) in [6.45, 7) is 7.82. The number of aliphatic hydroxyl groups excluding tert-OH is 5. The monoisotopic (exact) mass is 934 g/mol. The predicted octanol–water partition coefficient (Wildman–Crippen LogP) is 11.6. The summed E-state index contributed by atoms with van der Waals surface area (Å²) in [7, 11) is 0. The van der Waals surface area contributed by atoms with Crippen LogP contribution in [0, 0.1) is 23.7 Å². The number of amides is 1. The second kappa shape index (κ2) is 36.6. The van der Waals surface area contributed by atoms with Crippen molar-refractivity contribution in [2.45, 2.75) is 282 Å². The van der Waals surface area contributed by atoms with E-state index in [1.54, 1.807) is 0 Å². The molecule has 66 heavy (non-hydrogen) atoms. The zero-order valence-corrected chi connectivity index (χ0v) is 42.8. The summed E-state index contributed by atoms with van der Waals surface area (Å²) in [6.07, 6.45) is 36.9. The van der Waals surface area contributed by atoms with Crippen LogP contribution >= 0.6 is 0 Å². The number of nitrogens with one attached hydrogen (secondary N) is 1. The molecule has 10 nitrogen and oxygen atoms in total. The molecule has 4 unspecified atom stereocenters. The van der Waals surface area contributed by atoms with Gasteiger partial charge in [-0.1, -0.05) is 198 Å². The molecule has 0 bridgehead atoms. The fraction of sp³-hybridized carbons (Fsp3) is 0.911. The van der Waals surface area contributed by atoms with Gasteiger partial charge < -0.3 is 45.1 Å². The number of aliphatic hydroxyl groups is 5. The first kappa shape index (κ1) is 58.9. The van der Waals surface area contributed by atoms with Crippen molar-refractivity contribution in [2.75, 3.05) is 19.8 Å². The smallest absolute Gasteiger partial charge is 0.249 e. The lowest BCUT2D eigenvalue weighted by molar-refractivity contribution is -0.310. The Kier molecular flexibility index (Phi) is 32.6. The zero-order valence-electron chi connectivity index (χ0n) is 42.8. The summed E-state index contributed by atoms with van der Waals surface area (Å²) in [5.74, 6) is 3.15. The highest BCUT2D eigenvalue weighted by molar-refractivity contribution is 5.80. The Labute approximate surface area is 403 Å². The first-order chi connectivity index (χ1) is 32.1. The molecule has 0 aromatic rings. The van der Waals surface area contributed by atoms with Crippen molar-refractivity contribution in [3.8, 4) is 0 Å². The van der Waals surface area contributed by atoms with Crippen molar-refractivity contribution >= 4 is 5.91 Å². The minimum Gasteiger partial charge on any atom is -0.394 e. The van der Waals surface area contributed by atoms with Gasteiger partial charge in [0.15, 0.2) is 6.29 Å². The SMILES string of the molecule is CCCCCCCCCCC1CC1CCCC/C=C\CC[C@@H](O)C(=O)N[C@@H](CO[C@@H]1O[C@H](CO)[C@H](O)[C@H](O)[C@H]1OCC=C(C)C)[C@H](O)CCCCCCC1CC1CCCCCCCCCC. The third-order valence-electron chi connectivity index (χ3n) is 14.9. The molecule has 1 aliphatic heterocycles. The van der Waals surface area contributed by atoms with Crippen LogP contribution in [-0.4, -0.2) is 100 Å². The van der Waals surface area contributed by atoms with Gasteiger partial charge in [0.2, 0.25) is 5.91 Å². The van der Waals surface area contributed by atoms with E-state index in [0.717, 1.165) is 54.9 Å². The molecule has 1 amide bonds. The Balaban J connectivity index is 1.38. The Hall–Kier alpha value is -1.37. The first-order valence-electron chi connectivity index (χ1n) is 27.9. The van der Waals surface area contributed by atoms with Crippen molar-refractivity contribution in [1.29, 1.82) is 0 Å². The third kappa shape index (κ3) is 26.0. The molecule has 2 aliphatic carbocycles. The van der Waals surface area contributed by atoms with Crippen molar-refractivity contribution in [1.82, 2.24) is 5.32 Å². The lowest BCUT2D eigenvalue weighted by atomic mass is 9.99. The Morgan fingerprint density at radius 1 is 0.636 bits per heavy atom. The minimum absolute atomic E-state index is 0.147. The summed E-state index contributed by atoms with van der Waals surface area (Å²) in [6, 6.07) is -0.865. The van der Waals surface area contributed by atoms with Gasteiger partial charge in [0.1, 0.15) is 30.5 Å². The number of allylic oxidation sites excluding steroid dienone is 3. The van der Waals surface area contributed by atoms with Gasteiger partial charge in [0.05, 0.1) is 32.0 Å². The number of hydrogen-bond donors (Lipinski definition) is 6. The summed E-state index contributed by atoms with van der Waals surface area (Å²) < 4.78 is 17.8. The van der Waals surface area contributed by atoms with Crippen LogP contribution in [0.15, 0.2) is 23.8 Å². The number of carbonyl (C=O) groups excluding carboxylic acids is 1. The molecular weight excluding hydrogens is 831 g/mol. The van der Waals surface area contributed by atoms with Crippen molar-refractivity contribution in [3.05, 3.63) is 23.8 Å². The molecule has 0 aromatic carbocycles. The van der Waals surface area contributed by atoms with E-state index in [0.29, 0.717) is 12.8 Å². The molecule has 3 rings (SSSR count). The van der Waals surface area contributed by atoms with E-state index in [2.05, 4.69) is 31.3 Å². The lowest BCUT2D eigenvalue weighted by Gasteiger charge is -2.42. The molecule has 386 valence electrons. The molecule has 2 saturated carbocycles. The molecule has 1 saturated heterocycles.